The van der Waals surface area contributed by atoms with Crippen LogP contribution in [-0.4, -0.2) is 24.9 Å². The quantitative estimate of drug-likeness (QED) is 0.462. The normalized spacial score (nSPS) is 10.0. The van der Waals surface area contributed by atoms with E-state index in [0.717, 1.165) is 0 Å². The molecule has 2 aromatic rings. The number of benzene rings is 2. The van der Waals surface area contributed by atoms with Crippen LogP contribution in [0.15, 0.2) is 48.5 Å². The maximum atomic E-state index is 12.2. The number of anilines is 1. The third kappa shape index (κ3) is 7.12. The van der Waals surface area contributed by atoms with Gasteiger partial charge in [-0.25, -0.2) is 0 Å². The number of nitrogens with zero attached hydrogens (tertiary/aromatic N) is 1. The molecule has 0 bridgehead atoms. The summed E-state index contributed by atoms with van der Waals surface area (Å²) in [7, 11) is 0. The Bertz CT molecular complexity index is 825. The molecule has 28 heavy (non-hydrogen) atoms. The van der Waals surface area contributed by atoms with Crippen molar-refractivity contribution in [3.05, 3.63) is 54.1 Å². The third-order valence-corrected chi connectivity index (χ3v) is 3.89. The van der Waals surface area contributed by atoms with Crippen molar-refractivity contribution in [2.45, 2.75) is 32.6 Å². The summed E-state index contributed by atoms with van der Waals surface area (Å²) >= 11 is 0. The van der Waals surface area contributed by atoms with Crippen molar-refractivity contribution in [3.8, 4) is 17.6 Å². The Morgan fingerprint density at radius 2 is 1.82 bits per heavy atom. The van der Waals surface area contributed by atoms with E-state index in [1.54, 1.807) is 48.5 Å². The first kappa shape index (κ1) is 21.0. The van der Waals surface area contributed by atoms with Crippen LogP contribution in [0.25, 0.3) is 0 Å². The van der Waals surface area contributed by atoms with Crippen molar-refractivity contribution in [1.82, 2.24) is 0 Å². The van der Waals surface area contributed by atoms with Gasteiger partial charge in [-0.3, -0.25) is 9.59 Å². The lowest BCUT2D eigenvalue weighted by atomic mass is 10.1. The van der Waals surface area contributed by atoms with E-state index < -0.39 is 0 Å². The van der Waals surface area contributed by atoms with Gasteiger partial charge in [0.2, 0.25) is 5.91 Å². The molecule has 6 nitrogen and oxygen atoms in total. The number of rotatable bonds is 11. The molecule has 0 atom stereocenters. The molecule has 0 spiro atoms. The Labute approximate surface area is 165 Å². The smallest absolute Gasteiger partial charge is 0.224 e. The summed E-state index contributed by atoms with van der Waals surface area (Å²) in [6, 6.07) is 16.0. The first-order chi connectivity index (χ1) is 13.6. The van der Waals surface area contributed by atoms with Gasteiger partial charge in [0.05, 0.1) is 19.3 Å². The van der Waals surface area contributed by atoms with Crippen LogP contribution in [0.3, 0.4) is 0 Å². The van der Waals surface area contributed by atoms with E-state index in [1.807, 2.05) is 6.92 Å². The summed E-state index contributed by atoms with van der Waals surface area (Å²) in [6.45, 7) is 2.91. The number of nitrogens with one attached hydrogen (secondary N) is 1. The van der Waals surface area contributed by atoms with Crippen molar-refractivity contribution in [3.63, 3.8) is 0 Å². The van der Waals surface area contributed by atoms with Gasteiger partial charge < -0.3 is 14.8 Å². The van der Waals surface area contributed by atoms with Gasteiger partial charge in [0.1, 0.15) is 11.5 Å². The van der Waals surface area contributed by atoms with Crippen LogP contribution >= 0.6 is 0 Å². The fourth-order valence-corrected chi connectivity index (χ4v) is 2.50. The lowest BCUT2D eigenvalue weighted by molar-refractivity contribution is -0.116. The van der Waals surface area contributed by atoms with Crippen molar-refractivity contribution in [1.29, 1.82) is 5.26 Å². The van der Waals surface area contributed by atoms with E-state index >= 15 is 0 Å². The summed E-state index contributed by atoms with van der Waals surface area (Å²) in [4.78, 5) is 24.4. The lowest BCUT2D eigenvalue weighted by Crippen LogP contribution is -2.13. The molecule has 146 valence electrons. The summed E-state index contributed by atoms with van der Waals surface area (Å²) in [6.07, 6.45) is 1.32. The van der Waals surface area contributed by atoms with Crippen molar-refractivity contribution >= 4 is 17.4 Å². The number of ether oxygens (including phenoxy) is 2. The second-order valence-electron chi connectivity index (χ2n) is 6.07. The van der Waals surface area contributed by atoms with Gasteiger partial charge in [0, 0.05) is 36.6 Å². The molecule has 0 saturated carbocycles. The fourth-order valence-electron chi connectivity index (χ4n) is 2.50. The number of hydrogen-bond acceptors (Lipinski definition) is 5. The van der Waals surface area contributed by atoms with Gasteiger partial charge in [-0.1, -0.05) is 6.07 Å². The average Bonchev–Trinajstić information content (AvgIpc) is 2.70. The highest BCUT2D eigenvalue weighted by molar-refractivity contribution is 6.00. The Hall–Kier alpha value is -3.33. The highest BCUT2D eigenvalue weighted by Gasteiger charge is 2.10. The maximum absolute atomic E-state index is 12.2. The number of hydrogen-bond donors (Lipinski definition) is 1. The van der Waals surface area contributed by atoms with Gasteiger partial charge >= 0.3 is 0 Å². The molecule has 6 heteroatoms. The largest absolute Gasteiger partial charge is 0.494 e. The molecule has 0 fully saturated rings. The zero-order valence-electron chi connectivity index (χ0n) is 15.9. The molecule has 1 N–H and O–H groups in total. The third-order valence-electron chi connectivity index (χ3n) is 3.89. The molecule has 0 saturated heterocycles. The predicted molar refractivity (Wildman–Crippen MR) is 107 cm³/mol. The minimum absolute atomic E-state index is 0.0900. The molecule has 1 amide bonds. The van der Waals surface area contributed by atoms with Crippen LogP contribution in [0.4, 0.5) is 5.69 Å². The summed E-state index contributed by atoms with van der Waals surface area (Å²) in [5, 5.41) is 11.3. The lowest BCUT2D eigenvalue weighted by Gasteiger charge is -2.09. The van der Waals surface area contributed by atoms with Crippen molar-refractivity contribution < 1.29 is 19.1 Å². The SMILES string of the molecule is CCOc1ccc(C(=O)CCC(=O)Nc2cccc(OCCCC#N)c2)cc1. The minimum Gasteiger partial charge on any atom is -0.494 e. The summed E-state index contributed by atoms with van der Waals surface area (Å²) < 4.78 is 10.9. The van der Waals surface area contributed by atoms with Gasteiger partial charge in [0.25, 0.3) is 0 Å². The zero-order chi connectivity index (χ0) is 20.2. The predicted octanol–water partition coefficient (Wildman–Crippen LogP) is 4.37. The molecule has 2 rings (SSSR count). The summed E-state index contributed by atoms with van der Waals surface area (Å²) in [5.41, 5.74) is 1.17. The summed E-state index contributed by atoms with van der Waals surface area (Å²) in [5.74, 6) is 1.02. The van der Waals surface area contributed by atoms with Gasteiger partial charge in [0.15, 0.2) is 5.78 Å². The molecule has 0 aliphatic rings. The average molecular weight is 380 g/mol. The molecular formula is C22H24N2O4. The molecule has 0 aromatic heterocycles. The molecule has 0 aliphatic heterocycles. The molecule has 0 aliphatic carbocycles. The number of ketones is 1. The second-order valence-corrected chi connectivity index (χ2v) is 6.07. The number of carbonyl (C=O) groups excluding carboxylic acids is 2. The Morgan fingerprint density at radius 3 is 2.54 bits per heavy atom. The Balaban J connectivity index is 1.80. The van der Waals surface area contributed by atoms with Crippen molar-refractivity contribution in [2.75, 3.05) is 18.5 Å². The van der Waals surface area contributed by atoms with E-state index in [0.29, 0.717) is 48.8 Å². The van der Waals surface area contributed by atoms with Crippen LogP contribution in [0.1, 0.15) is 43.0 Å². The van der Waals surface area contributed by atoms with Gasteiger partial charge in [-0.2, -0.15) is 5.26 Å². The zero-order valence-corrected chi connectivity index (χ0v) is 15.9. The second kappa shape index (κ2) is 11.4. The Morgan fingerprint density at radius 1 is 1.04 bits per heavy atom. The van der Waals surface area contributed by atoms with Crippen LogP contribution < -0.4 is 14.8 Å². The van der Waals surface area contributed by atoms with Crippen LogP contribution in [-0.2, 0) is 4.79 Å². The molecule has 0 heterocycles. The first-order valence-electron chi connectivity index (χ1n) is 9.28. The Kier molecular flexibility index (Phi) is 8.54. The van der Waals surface area contributed by atoms with E-state index in [1.165, 1.54) is 0 Å². The van der Waals surface area contributed by atoms with Crippen LogP contribution in [0, 0.1) is 11.3 Å². The standard InChI is InChI=1S/C22H24N2O4/c1-2-27-19-10-8-17(9-11-19)21(25)12-13-22(26)24-18-6-5-7-20(16-18)28-15-4-3-14-23/h5-11,16H,2-4,12-13,15H2,1H3,(H,24,26). The molecular weight excluding hydrogens is 356 g/mol. The van der Waals surface area contributed by atoms with E-state index in [2.05, 4.69) is 11.4 Å². The van der Waals surface area contributed by atoms with Gasteiger partial charge in [-0.05, 0) is 49.7 Å². The topological polar surface area (TPSA) is 88.4 Å². The highest BCUT2D eigenvalue weighted by atomic mass is 16.5. The number of nitriles is 1. The van der Waals surface area contributed by atoms with Crippen LogP contribution in [0.5, 0.6) is 11.5 Å². The molecule has 0 radical (unpaired) electrons. The van der Waals surface area contributed by atoms with Crippen molar-refractivity contribution in [2.24, 2.45) is 0 Å². The fraction of sp³-hybridized carbons (Fsp3) is 0.318. The maximum Gasteiger partial charge on any atom is 0.224 e. The minimum atomic E-state index is -0.235. The van der Waals surface area contributed by atoms with E-state index in [9.17, 15) is 9.59 Å². The van der Waals surface area contributed by atoms with Crippen LogP contribution in [0.2, 0.25) is 0 Å². The first-order valence-corrected chi connectivity index (χ1v) is 9.28. The number of amides is 1. The van der Waals surface area contributed by atoms with E-state index in [4.69, 9.17) is 14.7 Å². The van der Waals surface area contributed by atoms with Gasteiger partial charge in [-0.15, -0.1) is 0 Å². The monoisotopic (exact) mass is 380 g/mol. The number of unbranched alkanes of at least 4 members (excludes halogenated alkanes) is 1. The molecule has 0 unspecified atom stereocenters. The number of Topliss-reactive ketones (excluding diaryl/α,β-unsaturated/α-hetero) is 1. The van der Waals surface area contributed by atoms with E-state index in [-0.39, 0.29) is 24.5 Å². The highest BCUT2D eigenvalue weighted by Crippen LogP contribution is 2.18. The molecule has 2 aromatic carbocycles. The number of carbonyl (C=O) groups is 2.